The Kier molecular flexibility index (Phi) is 4.38. The Morgan fingerprint density at radius 1 is 1.43 bits per heavy atom. The minimum atomic E-state index is -2.79. The molecule has 0 aliphatic carbocycles. The Balaban J connectivity index is 2.31. The summed E-state index contributed by atoms with van der Waals surface area (Å²) in [6.07, 6.45) is 5.07. The van der Waals surface area contributed by atoms with Crippen LogP contribution in [0.4, 0.5) is 0 Å². The van der Waals surface area contributed by atoms with E-state index in [1.54, 1.807) is 0 Å². The maximum atomic E-state index is 11.0. The fourth-order valence-corrected chi connectivity index (χ4v) is 2.57. The summed E-state index contributed by atoms with van der Waals surface area (Å²) in [5.74, 6) is 1.09. The lowest BCUT2D eigenvalue weighted by molar-refractivity contribution is 0.180. The summed E-state index contributed by atoms with van der Waals surface area (Å²) in [5, 5.41) is 0. The Morgan fingerprint density at radius 3 is 2.71 bits per heavy atom. The summed E-state index contributed by atoms with van der Waals surface area (Å²) in [6, 6.07) is 0. The molecule has 0 bridgehead atoms. The van der Waals surface area contributed by atoms with E-state index in [2.05, 4.69) is 11.8 Å². The van der Waals surface area contributed by atoms with E-state index in [1.807, 2.05) is 0 Å². The first kappa shape index (κ1) is 12.0. The highest BCUT2D eigenvalue weighted by molar-refractivity contribution is 7.90. The van der Waals surface area contributed by atoms with Crippen molar-refractivity contribution in [1.29, 1.82) is 0 Å². The third-order valence-electron chi connectivity index (χ3n) is 2.96. The van der Waals surface area contributed by atoms with E-state index >= 15 is 0 Å². The van der Waals surface area contributed by atoms with Crippen molar-refractivity contribution in [2.24, 2.45) is 5.92 Å². The standard InChI is InChI=1S/C10H21NO2S/c1-3-10-5-4-6-11(9-10)7-8-14(2,12)13/h10H,3-9H2,1-2H3. The number of rotatable bonds is 4. The Labute approximate surface area is 87.4 Å². The predicted molar refractivity (Wildman–Crippen MR) is 59.2 cm³/mol. The maximum Gasteiger partial charge on any atom is 0.148 e. The van der Waals surface area contributed by atoms with Crippen LogP contribution in [0.3, 0.4) is 0 Å². The highest BCUT2D eigenvalue weighted by atomic mass is 32.2. The van der Waals surface area contributed by atoms with Crippen molar-refractivity contribution in [3.8, 4) is 0 Å². The van der Waals surface area contributed by atoms with Crippen molar-refractivity contribution >= 4 is 9.84 Å². The first-order chi connectivity index (χ1) is 6.51. The first-order valence-corrected chi connectivity index (χ1v) is 7.47. The zero-order valence-electron chi connectivity index (χ0n) is 9.20. The van der Waals surface area contributed by atoms with Crippen LogP contribution in [-0.4, -0.2) is 45.0 Å². The summed E-state index contributed by atoms with van der Waals surface area (Å²) in [6.45, 7) is 5.10. The van der Waals surface area contributed by atoms with Crippen LogP contribution < -0.4 is 0 Å². The molecule has 0 saturated carbocycles. The van der Waals surface area contributed by atoms with Crippen LogP contribution in [0, 0.1) is 5.92 Å². The smallest absolute Gasteiger partial charge is 0.148 e. The van der Waals surface area contributed by atoms with Crippen LogP contribution in [0.5, 0.6) is 0 Å². The van der Waals surface area contributed by atoms with Crippen LogP contribution in [0.15, 0.2) is 0 Å². The van der Waals surface area contributed by atoms with Gasteiger partial charge in [0.1, 0.15) is 9.84 Å². The van der Waals surface area contributed by atoms with Gasteiger partial charge in [-0.15, -0.1) is 0 Å². The quantitative estimate of drug-likeness (QED) is 0.712. The van der Waals surface area contributed by atoms with Gasteiger partial charge in [-0.05, 0) is 25.3 Å². The molecule has 0 spiro atoms. The second-order valence-corrected chi connectivity index (χ2v) is 6.61. The van der Waals surface area contributed by atoms with Crippen molar-refractivity contribution in [2.75, 3.05) is 31.6 Å². The molecule has 0 amide bonds. The second kappa shape index (κ2) is 5.12. The molecule has 1 aliphatic heterocycles. The highest BCUT2D eigenvalue weighted by Crippen LogP contribution is 2.18. The lowest BCUT2D eigenvalue weighted by atomic mass is 9.96. The summed E-state index contributed by atoms with van der Waals surface area (Å²) >= 11 is 0. The average Bonchev–Trinajstić information content (AvgIpc) is 2.14. The molecule has 1 unspecified atom stereocenters. The van der Waals surface area contributed by atoms with Gasteiger partial charge in [-0.1, -0.05) is 13.3 Å². The molecule has 1 aliphatic rings. The number of hydrogen-bond acceptors (Lipinski definition) is 3. The van der Waals surface area contributed by atoms with Crippen molar-refractivity contribution in [3.05, 3.63) is 0 Å². The second-order valence-electron chi connectivity index (χ2n) is 4.35. The SMILES string of the molecule is CCC1CCCN(CCS(C)(=O)=O)C1. The Bertz CT molecular complexity index is 261. The van der Waals surface area contributed by atoms with Gasteiger partial charge in [0.15, 0.2) is 0 Å². The molecule has 1 fully saturated rings. The Hall–Kier alpha value is -0.0900. The molecule has 3 nitrogen and oxygen atoms in total. The van der Waals surface area contributed by atoms with Crippen LogP contribution in [0.25, 0.3) is 0 Å². The van der Waals surface area contributed by atoms with Crippen LogP contribution in [0.2, 0.25) is 0 Å². The topological polar surface area (TPSA) is 37.4 Å². The molecule has 1 saturated heterocycles. The molecule has 1 rings (SSSR count). The summed E-state index contributed by atoms with van der Waals surface area (Å²) < 4.78 is 22.0. The minimum Gasteiger partial charge on any atom is -0.302 e. The molecule has 4 heteroatoms. The average molecular weight is 219 g/mol. The van der Waals surface area contributed by atoms with Gasteiger partial charge in [-0.3, -0.25) is 0 Å². The predicted octanol–water partition coefficient (Wildman–Crippen LogP) is 1.15. The maximum absolute atomic E-state index is 11.0. The lowest BCUT2D eigenvalue weighted by Crippen LogP contribution is -2.38. The van der Waals surface area contributed by atoms with Crippen molar-refractivity contribution < 1.29 is 8.42 Å². The molecule has 1 atom stereocenters. The van der Waals surface area contributed by atoms with Gasteiger partial charge in [0.05, 0.1) is 5.75 Å². The van der Waals surface area contributed by atoms with Gasteiger partial charge in [-0.25, -0.2) is 8.42 Å². The van der Waals surface area contributed by atoms with Crippen molar-refractivity contribution in [1.82, 2.24) is 4.90 Å². The van der Waals surface area contributed by atoms with Gasteiger partial charge >= 0.3 is 0 Å². The molecule has 0 aromatic heterocycles. The lowest BCUT2D eigenvalue weighted by Gasteiger charge is -2.31. The Morgan fingerprint density at radius 2 is 2.14 bits per heavy atom. The van der Waals surface area contributed by atoms with E-state index in [-0.39, 0.29) is 0 Å². The number of piperidine rings is 1. The molecule has 1 heterocycles. The largest absolute Gasteiger partial charge is 0.302 e. The van der Waals surface area contributed by atoms with E-state index in [4.69, 9.17) is 0 Å². The molecule has 0 N–H and O–H groups in total. The monoisotopic (exact) mass is 219 g/mol. The zero-order valence-corrected chi connectivity index (χ0v) is 10.0. The number of nitrogens with zero attached hydrogens (tertiary/aromatic N) is 1. The molecule has 14 heavy (non-hydrogen) atoms. The number of hydrogen-bond donors (Lipinski definition) is 0. The summed E-state index contributed by atoms with van der Waals surface area (Å²) in [5.41, 5.74) is 0. The van der Waals surface area contributed by atoms with E-state index in [0.717, 1.165) is 25.6 Å². The molecular formula is C10H21NO2S. The minimum absolute atomic E-state index is 0.309. The van der Waals surface area contributed by atoms with Crippen LogP contribution in [-0.2, 0) is 9.84 Å². The van der Waals surface area contributed by atoms with E-state index in [9.17, 15) is 8.42 Å². The van der Waals surface area contributed by atoms with Crippen LogP contribution >= 0.6 is 0 Å². The fraction of sp³-hybridized carbons (Fsp3) is 1.00. The molecule has 0 aromatic rings. The molecule has 0 aromatic carbocycles. The normalized spacial score (nSPS) is 25.1. The van der Waals surface area contributed by atoms with Gasteiger partial charge in [0.25, 0.3) is 0 Å². The zero-order chi connectivity index (χ0) is 10.6. The number of sulfone groups is 1. The van der Waals surface area contributed by atoms with E-state index in [1.165, 1.54) is 25.5 Å². The summed E-state index contributed by atoms with van der Waals surface area (Å²) in [7, 11) is -2.79. The molecule has 84 valence electrons. The van der Waals surface area contributed by atoms with Gasteiger partial charge in [-0.2, -0.15) is 0 Å². The number of likely N-dealkylation sites (tertiary alicyclic amines) is 1. The third kappa shape index (κ3) is 4.42. The summed E-state index contributed by atoms with van der Waals surface area (Å²) in [4.78, 5) is 2.29. The van der Waals surface area contributed by atoms with Crippen LogP contribution in [0.1, 0.15) is 26.2 Å². The van der Waals surface area contributed by atoms with E-state index < -0.39 is 9.84 Å². The fourth-order valence-electron chi connectivity index (χ4n) is 1.98. The molecule has 0 radical (unpaired) electrons. The van der Waals surface area contributed by atoms with Gasteiger partial charge < -0.3 is 4.90 Å². The third-order valence-corrected chi connectivity index (χ3v) is 3.88. The van der Waals surface area contributed by atoms with Crippen molar-refractivity contribution in [2.45, 2.75) is 26.2 Å². The van der Waals surface area contributed by atoms with Gasteiger partial charge in [0.2, 0.25) is 0 Å². The van der Waals surface area contributed by atoms with Gasteiger partial charge in [0, 0.05) is 19.3 Å². The highest BCUT2D eigenvalue weighted by Gasteiger charge is 2.18. The first-order valence-electron chi connectivity index (χ1n) is 5.41. The van der Waals surface area contributed by atoms with E-state index in [0.29, 0.717) is 5.75 Å². The van der Waals surface area contributed by atoms with Crippen molar-refractivity contribution in [3.63, 3.8) is 0 Å². The molecular weight excluding hydrogens is 198 g/mol.